The third-order valence-corrected chi connectivity index (χ3v) is 5.98. The lowest BCUT2D eigenvalue weighted by atomic mass is 9.99. The summed E-state index contributed by atoms with van der Waals surface area (Å²) in [5, 5.41) is 0. The second-order valence-corrected chi connectivity index (χ2v) is 8.90. The largest absolute Gasteiger partial charge is 0.449 e. The van der Waals surface area contributed by atoms with Gasteiger partial charge in [-0.2, -0.15) is 0 Å². The van der Waals surface area contributed by atoms with Crippen LogP contribution in [0.3, 0.4) is 0 Å². The summed E-state index contributed by atoms with van der Waals surface area (Å²) in [6, 6.07) is 4.51. The van der Waals surface area contributed by atoms with Crippen molar-refractivity contribution in [3.05, 3.63) is 29.3 Å². The number of hydrogen-bond donors (Lipinski definition) is 0. The fourth-order valence-electron chi connectivity index (χ4n) is 3.27. The van der Waals surface area contributed by atoms with Crippen LogP contribution >= 0.6 is 0 Å². The summed E-state index contributed by atoms with van der Waals surface area (Å²) in [7, 11) is -3.43. The molecule has 1 aromatic carbocycles. The highest BCUT2D eigenvalue weighted by atomic mass is 32.2. The number of aryl methyl sites for hydroxylation is 1. The molecule has 26 heavy (non-hydrogen) atoms. The maximum absolute atomic E-state index is 12.7. The van der Waals surface area contributed by atoms with Crippen LogP contribution in [0.4, 0.5) is 0 Å². The van der Waals surface area contributed by atoms with E-state index in [1.165, 1.54) is 12.1 Å². The maximum atomic E-state index is 12.7. The van der Waals surface area contributed by atoms with E-state index in [0.29, 0.717) is 12.1 Å². The Labute approximate surface area is 155 Å². The van der Waals surface area contributed by atoms with E-state index in [1.54, 1.807) is 24.8 Å². The molecule has 0 N–H and O–H groups in total. The second-order valence-electron chi connectivity index (χ2n) is 6.89. The number of piperidine rings is 1. The van der Waals surface area contributed by atoms with Crippen molar-refractivity contribution < 1.29 is 22.7 Å². The summed E-state index contributed by atoms with van der Waals surface area (Å²) in [4.78, 5) is 27.1. The van der Waals surface area contributed by atoms with E-state index in [2.05, 4.69) is 0 Å². The number of amides is 1. The molecule has 2 rings (SSSR count). The molecule has 0 spiro atoms. The zero-order valence-electron chi connectivity index (χ0n) is 15.8. The number of nitrogens with zero attached hydrogens (tertiary/aromatic N) is 1. The second kappa shape index (κ2) is 8.20. The Hall–Kier alpha value is -1.89. The summed E-state index contributed by atoms with van der Waals surface area (Å²) < 4.78 is 28.8. The lowest BCUT2D eigenvalue weighted by molar-refractivity contribution is -0.143. The number of carbonyl (C=O) groups excluding carboxylic acids is 2. The van der Waals surface area contributed by atoms with Gasteiger partial charge in [0, 0.05) is 18.8 Å². The number of benzene rings is 1. The van der Waals surface area contributed by atoms with Gasteiger partial charge in [-0.25, -0.2) is 13.2 Å². The monoisotopic (exact) mass is 381 g/mol. The molecule has 2 atom stereocenters. The standard InChI is InChI=1S/C19H27NO5S/c1-5-15-8-6-7-11-20(15)18(21)14(3)25-19(22)17-12-16(26(4,23)24)10-9-13(17)2/h9-10,12,14-15H,5-8,11H2,1-4H3/t14-,15+/m1/s1. The zero-order valence-corrected chi connectivity index (χ0v) is 16.6. The quantitative estimate of drug-likeness (QED) is 0.733. The summed E-state index contributed by atoms with van der Waals surface area (Å²) >= 11 is 0. The molecular formula is C19H27NO5S. The van der Waals surface area contributed by atoms with E-state index in [4.69, 9.17) is 4.74 Å². The van der Waals surface area contributed by atoms with Crippen molar-refractivity contribution in [3.63, 3.8) is 0 Å². The molecule has 0 bridgehead atoms. The lowest BCUT2D eigenvalue weighted by Crippen LogP contribution is -2.48. The van der Waals surface area contributed by atoms with Gasteiger partial charge in [0.15, 0.2) is 15.9 Å². The van der Waals surface area contributed by atoms with Gasteiger partial charge in [-0.05, 0) is 57.2 Å². The molecule has 1 aliphatic rings. The van der Waals surface area contributed by atoms with Crippen LogP contribution in [0.5, 0.6) is 0 Å². The number of sulfone groups is 1. The van der Waals surface area contributed by atoms with Gasteiger partial charge in [-0.15, -0.1) is 0 Å². The van der Waals surface area contributed by atoms with Crippen LogP contribution in [0.25, 0.3) is 0 Å². The Morgan fingerprint density at radius 1 is 1.31 bits per heavy atom. The minimum atomic E-state index is -3.43. The molecule has 1 fully saturated rings. The predicted octanol–water partition coefficient (Wildman–Crippen LogP) is 2.73. The lowest BCUT2D eigenvalue weighted by Gasteiger charge is -2.36. The summed E-state index contributed by atoms with van der Waals surface area (Å²) in [5.74, 6) is -0.874. The average Bonchev–Trinajstić information content (AvgIpc) is 2.60. The molecule has 0 saturated carbocycles. The molecule has 7 heteroatoms. The van der Waals surface area contributed by atoms with Crippen LogP contribution in [0.1, 0.15) is 55.5 Å². The highest BCUT2D eigenvalue weighted by Crippen LogP contribution is 2.22. The Bertz CT molecular complexity index is 787. The van der Waals surface area contributed by atoms with Crippen LogP contribution in [-0.4, -0.2) is 50.1 Å². The van der Waals surface area contributed by atoms with Gasteiger partial charge in [0.2, 0.25) is 0 Å². The van der Waals surface area contributed by atoms with Gasteiger partial charge in [0.25, 0.3) is 5.91 Å². The number of hydrogen-bond acceptors (Lipinski definition) is 5. The molecular weight excluding hydrogens is 354 g/mol. The maximum Gasteiger partial charge on any atom is 0.339 e. The Kier molecular flexibility index (Phi) is 6.44. The van der Waals surface area contributed by atoms with Crippen molar-refractivity contribution in [2.75, 3.05) is 12.8 Å². The smallest absolute Gasteiger partial charge is 0.339 e. The van der Waals surface area contributed by atoms with E-state index in [-0.39, 0.29) is 22.4 Å². The van der Waals surface area contributed by atoms with Crippen molar-refractivity contribution in [3.8, 4) is 0 Å². The predicted molar refractivity (Wildman–Crippen MR) is 98.8 cm³/mol. The van der Waals surface area contributed by atoms with E-state index in [9.17, 15) is 18.0 Å². The fraction of sp³-hybridized carbons (Fsp3) is 0.579. The first kappa shape index (κ1) is 20.4. The molecule has 1 aliphatic heterocycles. The van der Waals surface area contributed by atoms with Gasteiger partial charge in [0.1, 0.15) is 0 Å². The third-order valence-electron chi connectivity index (χ3n) is 4.87. The molecule has 1 aromatic rings. The number of carbonyl (C=O) groups is 2. The molecule has 0 radical (unpaired) electrons. The Morgan fingerprint density at radius 3 is 2.62 bits per heavy atom. The van der Waals surface area contributed by atoms with Crippen molar-refractivity contribution in [1.82, 2.24) is 4.90 Å². The minimum absolute atomic E-state index is 0.0520. The molecule has 0 aromatic heterocycles. The topological polar surface area (TPSA) is 80.8 Å². The van der Waals surface area contributed by atoms with Gasteiger partial charge in [-0.1, -0.05) is 13.0 Å². The van der Waals surface area contributed by atoms with Crippen LogP contribution in [0, 0.1) is 6.92 Å². The number of likely N-dealkylation sites (tertiary alicyclic amines) is 1. The Balaban J connectivity index is 2.15. The molecule has 144 valence electrons. The van der Waals surface area contributed by atoms with E-state index in [1.807, 2.05) is 6.92 Å². The van der Waals surface area contributed by atoms with Crippen molar-refractivity contribution in [2.45, 2.75) is 63.5 Å². The van der Waals surface area contributed by atoms with Crippen molar-refractivity contribution in [1.29, 1.82) is 0 Å². The number of esters is 1. The highest BCUT2D eigenvalue weighted by molar-refractivity contribution is 7.90. The first-order valence-corrected chi connectivity index (χ1v) is 10.9. The van der Waals surface area contributed by atoms with E-state index < -0.39 is 21.9 Å². The average molecular weight is 381 g/mol. The third kappa shape index (κ3) is 4.63. The van der Waals surface area contributed by atoms with Crippen molar-refractivity contribution >= 4 is 21.7 Å². The first-order chi connectivity index (χ1) is 12.1. The summed E-state index contributed by atoms with van der Waals surface area (Å²) in [6.07, 6.45) is 4.09. The zero-order chi connectivity index (χ0) is 19.5. The first-order valence-electron chi connectivity index (χ1n) is 8.97. The van der Waals surface area contributed by atoms with Crippen LogP contribution in [0.15, 0.2) is 23.1 Å². The van der Waals surface area contributed by atoms with E-state index in [0.717, 1.165) is 31.9 Å². The van der Waals surface area contributed by atoms with E-state index >= 15 is 0 Å². The van der Waals surface area contributed by atoms with Gasteiger partial charge in [-0.3, -0.25) is 4.79 Å². The highest BCUT2D eigenvalue weighted by Gasteiger charge is 2.31. The fourth-order valence-corrected chi connectivity index (χ4v) is 3.92. The normalized spacial score (nSPS) is 19.1. The molecule has 6 nitrogen and oxygen atoms in total. The molecule has 1 heterocycles. The van der Waals surface area contributed by atoms with Gasteiger partial charge >= 0.3 is 5.97 Å². The van der Waals surface area contributed by atoms with Crippen LogP contribution < -0.4 is 0 Å². The SMILES string of the molecule is CC[C@H]1CCCCN1C(=O)[C@@H](C)OC(=O)c1cc(S(C)(=O)=O)ccc1C. The molecule has 1 saturated heterocycles. The van der Waals surface area contributed by atoms with Gasteiger partial charge < -0.3 is 9.64 Å². The summed E-state index contributed by atoms with van der Waals surface area (Å²) in [5.41, 5.74) is 0.768. The van der Waals surface area contributed by atoms with Crippen LogP contribution in [0.2, 0.25) is 0 Å². The number of rotatable bonds is 5. The van der Waals surface area contributed by atoms with Gasteiger partial charge in [0.05, 0.1) is 10.5 Å². The van der Waals surface area contributed by atoms with Crippen molar-refractivity contribution in [2.24, 2.45) is 0 Å². The minimum Gasteiger partial charge on any atom is -0.449 e. The molecule has 0 aliphatic carbocycles. The summed E-state index contributed by atoms with van der Waals surface area (Å²) in [6.45, 7) is 6.00. The Morgan fingerprint density at radius 2 is 2.00 bits per heavy atom. The molecule has 0 unspecified atom stereocenters. The molecule has 1 amide bonds. The van der Waals surface area contributed by atoms with Crippen LogP contribution in [-0.2, 0) is 19.4 Å². The number of ether oxygens (including phenoxy) is 1.